The van der Waals surface area contributed by atoms with Crippen molar-refractivity contribution in [2.75, 3.05) is 12.4 Å². The average Bonchev–Trinajstić information content (AvgIpc) is 2.43. The minimum atomic E-state index is 0.502. The summed E-state index contributed by atoms with van der Waals surface area (Å²) in [5.41, 5.74) is 2.26. The van der Waals surface area contributed by atoms with Gasteiger partial charge >= 0.3 is 0 Å². The van der Waals surface area contributed by atoms with Gasteiger partial charge in [-0.2, -0.15) is 0 Å². The first kappa shape index (κ1) is 10.5. The third-order valence-electron chi connectivity index (χ3n) is 3.00. The topological polar surface area (TPSA) is 39.1 Å². The number of aryl methyl sites for hydroxylation is 1. The van der Waals surface area contributed by atoms with Gasteiger partial charge in [0.1, 0.15) is 0 Å². The Labute approximate surface area is 90.6 Å². The van der Waals surface area contributed by atoms with Crippen LogP contribution in [-0.2, 0) is 11.3 Å². The summed E-state index contributed by atoms with van der Waals surface area (Å²) in [5, 5.41) is 3.41. The van der Waals surface area contributed by atoms with E-state index in [1.807, 2.05) is 6.92 Å². The van der Waals surface area contributed by atoms with E-state index in [1.54, 1.807) is 7.11 Å². The number of imidazole rings is 1. The van der Waals surface area contributed by atoms with E-state index in [4.69, 9.17) is 4.74 Å². The molecule has 1 N–H and O–H groups in total. The Bertz CT molecular complexity index is 359. The molecule has 0 bridgehead atoms. The van der Waals surface area contributed by atoms with Crippen molar-refractivity contribution in [3.63, 3.8) is 0 Å². The van der Waals surface area contributed by atoms with Gasteiger partial charge in [0.2, 0.25) is 5.95 Å². The highest BCUT2D eigenvalue weighted by atomic mass is 16.5. The van der Waals surface area contributed by atoms with Crippen molar-refractivity contribution < 1.29 is 4.74 Å². The van der Waals surface area contributed by atoms with Crippen LogP contribution in [-0.4, -0.2) is 22.7 Å². The second-order valence-electron chi connectivity index (χ2n) is 4.40. The Morgan fingerprint density at radius 1 is 1.53 bits per heavy atom. The van der Waals surface area contributed by atoms with Crippen LogP contribution in [0.4, 0.5) is 5.95 Å². The zero-order valence-electron chi connectivity index (χ0n) is 9.87. The number of rotatable bonds is 2. The van der Waals surface area contributed by atoms with Crippen LogP contribution >= 0.6 is 0 Å². The van der Waals surface area contributed by atoms with E-state index in [0.717, 1.165) is 18.1 Å². The average molecular weight is 209 g/mol. The quantitative estimate of drug-likeness (QED) is 0.810. The summed E-state index contributed by atoms with van der Waals surface area (Å²) in [4.78, 5) is 4.54. The Balaban J connectivity index is 2.41. The molecule has 1 aliphatic rings. The van der Waals surface area contributed by atoms with Crippen molar-refractivity contribution in [2.24, 2.45) is 0 Å². The van der Waals surface area contributed by atoms with Crippen molar-refractivity contribution >= 4 is 5.95 Å². The number of hydrogen-bond donors (Lipinski definition) is 1. The molecule has 4 heteroatoms. The number of ether oxygens (including phenoxy) is 1. The zero-order valence-corrected chi connectivity index (χ0v) is 9.87. The van der Waals surface area contributed by atoms with Crippen LogP contribution < -0.4 is 5.32 Å². The fourth-order valence-electron chi connectivity index (χ4n) is 2.36. The predicted octanol–water partition coefficient (Wildman–Crippen LogP) is 2.10. The molecule has 0 amide bonds. The summed E-state index contributed by atoms with van der Waals surface area (Å²) in [5.74, 6) is 0.991. The van der Waals surface area contributed by atoms with Gasteiger partial charge in [0.05, 0.1) is 18.0 Å². The molecule has 1 aliphatic heterocycles. The van der Waals surface area contributed by atoms with Crippen LogP contribution in [0.25, 0.3) is 0 Å². The number of hydrogen-bond acceptors (Lipinski definition) is 3. The molecule has 15 heavy (non-hydrogen) atoms. The number of anilines is 1. The van der Waals surface area contributed by atoms with Crippen molar-refractivity contribution in [3.05, 3.63) is 11.4 Å². The maximum atomic E-state index is 5.22. The van der Waals surface area contributed by atoms with Crippen molar-refractivity contribution in [2.45, 2.75) is 45.9 Å². The second-order valence-corrected chi connectivity index (χ2v) is 4.40. The largest absolute Gasteiger partial charge is 0.378 e. The number of fused-ring (bicyclic) bond motifs is 1. The molecule has 0 saturated heterocycles. The lowest BCUT2D eigenvalue weighted by molar-refractivity contribution is 0.175. The van der Waals surface area contributed by atoms with Crippen molar-refractivity contribution in [1.29, 1.82) is 0 Å². The molecule has 1 aromatic rings. The van der Waals surface area contributed by atoms with Crippen LogP contribution in [0, 0.1) is 6.92 Å². The van der Waals surface area contributed by atoms with Crippen LogP contribution in [0.1, 0.15) is 37.7 Å². The molecule has 2 atom stereocenters. The normalized spacial score (nSPS) is 24.8. The molecule has 0 aromatic carbocycles. The van der Waals surface area contributed by atoms with Gasteiger partial charge in [-0.15, -0.1) is 0 Å². The van der Waals surface area contributed by atoms with E-state index in [-0.39, 0.29) is 0 Å². The smallest absolute Gasteiger partial charge is 0.203 e. The first-order valence-corrected chi connectivity index (χ1v) is 5.46. The van der Waals surface area contributed by atoms with Crippen molar-refractivity contribution in [3.8, 4) is 0 Å². The molecular formula is C11H19N3O. The first-order valence-electron chi connectivity index (χ1n) is 5.46. The lowest BCUT2D eigenvalue weighted by Gasteiger charge is -2.29. The molecule has 84 valence electrons. The number of nitrogens with zero attached hydrogens (tertiary/aromatic N) is 2. The van der Waals surface area contributed by atoms with E-state index in [2.05, 4.69) is 28.7 Å². The van der Waals surface area contributed by atoms with E-state index in [0.29, 0.717) is 18.7 Å². The Hall–Kier alpha value is -1.03. The summed E-state index contributed by atoms with van der Waals surface area (Å²) in [7, 11) is 1.73. The highest BCUT2D eigenvalue weighted by Crippen LogP contribution is 2.30. The minimum Gasteiger partial charge on any atom is -0.378 e. The summed E-state index contributed by atoms with van der Waals surface area (Å²) in [6.07, 6.45) is 1.14. The van der Waals surface area contributed by atoms with Gasteiger partial charge in [-0.3, -0.25) is 0 Å². The molecule has 1 aromatic heterocycles. The summed E-state index contributed by atoms with van der Waals surface area (Å²) in [6, 6.07) is 1.01. The van der Waals surface area contributed by atoms with Gasteiger partial charge in [0.25, 0.3) is 0 Å². The number of methoxy groups -OCH3 is 1. The molecule has 0 radical (unpaired) electrons. The van der Waals surface area contributed by atoms with Gasteiger partial charge in [-0.05, 0) is 27.2 Å². The SMILES string of the molecule is COCc1c(C)nc2n1C(C)CC(C)N2. The summed E-state index contributed by atoms with van der Waals surface area (Å²) in [6.45, 7) is 7.11. The third-order valence-corrected chi connectivity index (χ3v) is 3.00. The lowest BCUT2D eigenvalue weighted by Crippen LogP contribution is -2.29. The van der Waals surface area contributed by atoms with Gasteiger partial charge < -0.3 is 14.6 Å². The minimum absolute atomic E-state index is 0.502. The van der Waals surface area contributed by atoms with Crippen LogP contribution in [0.2, 0.25) is 0 Å². The molecule has 0 fully saturated rings. The van der Waals surface area contributed by atoms with Gasteiger partial charge in [0.15, 0.2) is 0 Å². The predicted molar refractivity (Wildman–Crippen MR) is 60.1 cm³/mol. The monoisotopic (exact) mass is 209 g/mol. The molecule has 0 spiro atoms. The maximum absolute atomic E-state index is 5.22. The molecule has 2 rings (SSSR count). The third kappa shape index (κ3) is 1.74. The van der Waals surface area contributed by atoms with Crippen LogP contribution in [0.15, 0.2) is 0 Å². The number of aromatic nitrogens is 2. The van der Waals surface area contributed by atoms with Crippen molar-refractivity contribution in [1.82, 2.24) is 9.55 Å². The molecule has 0 aliphatic carbocycles. The molecule has 2 heterocycles. The van der Waals surface area contributed by atoms with E-state index >= 15 is 0 Å². The van der Waals surface area contributed by atoms with E-state index in [9.17, 15) is 0 Å². The highest BCUT2D eigenvalue weighted by Gasteiger charge is 2.25. The van der Waals surface area contributed by atoms with E-state index in [1.165, 1.54) is 5.69 Å². The fraction of sp³-hybridized carbons (Fsp3) is 0.727. The van der Waals surface area contributed by atoms with E-state index < -0.39 is 0 Å². The Kier molecular flexibility index (Phi) is 2.69. The molecule has 0 saturated carbocycles. The van der Waals surface area contributed by atoms with Gasteiger partial charge in [0, 0.05) is 19.2 Å². The first-order chi connectivity index (χ1) is 7.13. The lowest BCUT2D eigenvalue weighted by atomic mass is 10.1. The molecule has 4 nitrogen and oxygen atoms in total. The molecule has 2 unspecified atom stereocenters. The Morgan fingerprint density at radius 2 is 2.27 bits per heavy atom. The summed E-state index contributed by atoms with van der Waals surface area (Å²) >= 11 is 0. The van der Waals surface area contributed by atoms with Crippen LogP contribution in [0.3, 0.4) is 0 Å². The highest BCUT2D eigenvalue weighted by molar-refractivity contribution is 5.37. The number of nitrogens with one attached hydrogen (secondary N) is 1. The maximum Gasteiger partial charge on any atom is 0.203 e. The standard InChI is InChI=1S/C11H19N3O/c1-7-5-8(2)14-10(6-15-4)9(3)13-11(14)12-7/h7-8H,5-6H2,1-4H3,(H,12,13). The summed E-state index contributed by atoms with van der Waals surface area (Å²) < 4.78 is 7.48. The second kappa shape index (κ2) is 3.85. The van der Waals surface area contributed by atoms with Crippen LogP contribution in [0.5, 0.6) is 0 Å². The van der Waals surface area contributed by atoms with Gasteiger partial charge in [-0.25, -0.2) is 4.98 Å². The zero-order chi connectivity index (χ0) is 11.0. The molecular weight excluding hydrogens is 190 g/mol. The van der Waals surface area contributed by atoms with Gasteiger partial charge in [-0.1, -0.05) is 0 Å². The fourth-order valence-corrected chi connectivity index (χ4v) is 2.36. The Morgan fingerprint density at radius 3 is 2.93 bits per heavy atom.